The highest BCUT2D eigenvalue weighted by atomic mass is 32.2. The predicted molar refractivity (Wildman–Crippen MR) is 144 cm³/mol. The van der Waals surface area contributed by atoms with E-state index in [1.54, 1.807) is 0 Å². The van der Waals surface area contributed by atoms with Gasteiger partial charge in [-0.1, -0.05) is 35.2 Å². The maximum absolute atomic E-state index is 12.8. The second-order valence-electron chi connectivity index (χ2n) is 8.31. The molecule has 178 valence electrons. The lowest BCUT2D eigenvalue weighted by atomic mass is 10.3. The lowest BCUT2D eigenvalue weighted by Crippen LogP contribution is -2.29. The molecule has 1 aliphatic heterocycles. The van der Waals surface area contributed by atoms with Crippen molar-refractivity contribution in [2.24, 2.45) is 0 Å². The average molecular weight is 522 g/mol. The molecule has 0 saturated carbocycles. The Morgan fingerprint density at radius 1 is 1.09 bits per heavy atom. The quantitative estimate of drug-likeness (QED) is 0.162. The van der Waals surface area contributed by atoms with E-state index in [0.29, 0.717) is 16.3 Å². The van der Waals surface area contributed by atoms with Crippen LogP contribution in [-0.2, 0) is 4.79 Å². The van der Waals surface area contributed by atoms with Crippen molar-refractivity contribution in [3.05, 3.63) is 52.5 Å². The summed E-state index contributed by atoms with van der Waals surface area (Å²) in [5.41, 5.74) is 4.35. The molecular formula is C25H23N5O2S3. The van der Waals surface area contributed by atoms with Crippen molar-refractivity contribution in [3.8, 4) is 11.4 Å². The van der Waals surface area contributed by atoms with Crippen molar-refractivity contribution in [2.75, 3.05) is 25.4 Å². The van der Waals surface area contributed by atoms with E-state index in [1.165, 1.54) is 23.1 Å². The molecule has 3 aromatic heterocycles. The molecule has 2 aromatic carbocycles. The second-order valence-corrected chi connectivity index (χ2v) is 10.9. The fourth-order valence-electron chi connectivity index (χ4n) is 4.49. The van der Waals surface area contributed by atoms with Gasteiger partial charge < -0.3 is 9.64 Å². The van der Waals surface area contributed by atoms with E-state index in [4.69, 9.17) is 26.9 Å². The minimum absolute atomic E-state index is 0.153. The number of para-hydroxylation sites is 2. The Kier molecular flexibility index (Phi) is 5.95. The topological polar surface area (TPSA) is 64.7 Å². The first kappa shape index (κ1) is 22.5. The van der Waals surface area contributed by atoms with Crippen LogP contribution in [0.1, 0.15) is 19.8 Å². The van der Waals surface area contributed by atoms with E-state index in [0.717, 1.165) is 69.6 Å². The Morgan fingerprint density at radius 2 is 1.86 bits per heavy atom. The van der Waals surface area contributed by atoms with Crippen LogP contribution < -0.4 is 4.74 Å². The molecule has 0 aliphatic carbocycles. The second kappa shape index (κ2) is 9.25. The number of carbonyl (C=O) groups excluding carboxylic acids is 1. The van der Waals surface area contributed by atoms with Crippen LogP contribution in [0, 0.1) is 3.95 Å². The number of aromatic nitrogens is 4. The summed E-state index contributed by atoms with van der Waals surface area (Å²) in [5, 5.41) is 0.737. The number of thiazole rings is 1. The molecule has 1 aliphatic rings. The summed E-state index contributed by atoms with van der Waals surface area (Å²) in [5.74, 6) is 1.31. The van der Waals surface area contributed by atoms with Crippen LogP contribution in [-0.4, -0.2) is 55.2 Å². The van der Waals surface area contributed by atoms with Gasteiger partial charge in [0.15, 0.2) is 20.4 Å². The number of likely N-dealkylation sites (tertiary alicyclic amines) is 1. The maximum atomic E-state index is 12.8. The normalized spacial score (nSPS) is 13.9. The highest BCUT2D eigenvalue weighted by Crippen LogP contribution is 2.34. The number of ether oxygens (including phenoxy) is 1. The summed E-state index contributed by atoms with van der Waals surface area (Å²) in [6.45, 7) is 4.27. The SMILES string of the molecule is CCOc1ccc(-n2c(=S)sc3c2nc(SCC(=O)N2CCCC2)n2c4ccccc4nc32)cc1. The first-order valence-electron chi connectivity index (χ1n) is 11.6. The Morgan fingerprint density at radius 3 is 2.63 bits per heavy atom. The molecule has 6 rings (SSSR count). The van der Waals surface area contributed by atoms with Crippen LogP contribution in [0.3, 0.4) is 0 Å². The Hall–Kier alpha value is -2.95. The molecule has 7 nitrogen and oxygen atoms in total. The van der Waals surface area contributed by atoms with Gasteiger partial charge in [0.2, 0.25) is 5.91 Å². The van der Waals surface area contributed by atoms with E-state index >= 15 is 0 Å². The smallest absolute Gasteiger partial charge is 0.233 e. The molecule has 10 heteroatoms. The van der Waals surface area contributed by atoms with Crippen LogP contribution in [0.2, 0.25) is 0 Å². The Balaban J connectivity index is 1.51. The Labute approximate surface area is 215 Å². The zero-order valence-corrected chi connectivity index (χ0v) is 21.6. The van der Waals surface area contributed by atoms with Crippen molar-refractivity contribution in [1.82, 2.24) is 23.8 Å². The van der Waals surface area contributed by atoms with Crippen LogP contribution in [0.25, 0.3) is 32.7 Å². The number of rotatable bonds is 6. The fourth-order valence-corrected chi connectivity index (χ4v) is 6.75. The van der Waals surface area contributed by atoms with E-state index in [-0.39, 0.29) is 5.91 Å². The standard InChI is InChI=1S/C25H23N5O2S3/c1-2-32-17-11-9-16(10-12-17)29-23-21(35-25(29)33)22-26-18-7-3-4-8-19(18)30(22)24(27-23)34-15-20(31)28-13-5-6-14-28/h3-4,7-12H,2,5-6,13-15H2,1H3. The van der Waals surface area contributed by atoms with Gasteiger partial charge in [-0.05, 0) is 68.4 Å². The lowest BCUT2D eigenvalue weighted by molar-refractivity contribution is -0.127. The molecular weight excluding hydrogens is 499 g/mol. The number of hydrogen-bond acceptors (Lipinski definition) is 7. The van der Waals surface area contributed by atoms with Gasteiger partial charge in [-0.3, -0.25) is 13.8 Å². The van der Waals surface area contributed by atoms with Gasteiger partial charge in [0.25, 0.3) is 0 Å². The van der Waals surface area contributed by atoms with Gasteiger partial charge in [0, 0.05) is 18.8 Å². The zero-order chi connectivity index (χ0) is 23.9. The lowest BCUT2D eigenvalue weighted by Gasteiger charge is -2.15. The summed E-state index contributed by atoms with van der Waals surface area (Å²) >= 11 is 8.75. The molecule has 0 spiro atoms. The number of nitrogens with zero attached hydrogens (tertiary/aromatic N) is 5. The third kappa shape index (κ3) is 3.99. The van der Waals surface area contributed by atoms with Gasteiger partial charge >= 0.3 is 0 Å². The minimum atomic E-state index is 0.153. The number of imidazole rings is 1. The molecule has 1 saturated heterocycles. The van der Waals surface area contributed by atoms with E-state index in [1.807, 2.05) is 64.9 Å². The predicted octanol–water partition coefficient (Wildman–Crippen LogP) is 5.73. The van der Waals surface area contributed by atoms with Crippen molar-refractivity contribution >= 4 is 68.3 Å². The monoisotopic (exact) mass is 521 g/mol. The van der Waals surface area contributed by atoms with Crippen LogP contribution in [0.4, 0.5) is 0 Å². The van der Waals surface area contributed by atoms with Crippen LogP contribution >= 0.6 is 35.3 Å². The van der Waals surface area contributed by atoms with Crippen molar-refractivity contribution < 1.29 is 9.53 Å². The summed E-state index contributed by atoms with van der Waals surface area (Å²) < 4.78 is 11.3. The zero-order valence-electron chi connectivity index (χ0n) is 19.1. The maximum Gasteiger partial charge on any atom is 0.233 e. The van der Waals surface area contributed by atoms with Crippen LogP contribution in [0.5, 0.6) is 5.75 Å². The molecule has 5 aromatic rings. The van der Waals surface area contributed by atoms with Gasteiger partial charge in [0.05, 0.1) is 23.4 Å². The van der Waals surface area contributed by atoms with E-state index < -0.39 is 0 Å². The Bertz CT molecular complexity index is 1610. The molecule has 0 atom stereocenters. The van der Waals surface area contributed by atoms with Gasteiger partial charge in [0.1, 0.15) is 10.4 Å². The van der Waals surface area contributed by atoms with Gasteiger partial charge in [-0.15, -0.1) is 0 Å². The van der Waals surface area contributed by atoms with Crippen molar-refractivity contribution in [1.29, 1.82) is 0 Å². The van der Waals surface area contributed by atoms with Crippen LogP contribution in [0.15, 0.2) is 53.7 Å². The molecule has 0 radical (unpaired) electrons. The first-order valence-corrected chi connectivity index (χ1v) is 13.8. The minimum Gasteiger partial charge on any atom is -0.494 e. The number of carbonyl (C=O) groups is 1. The van der Waals surface area contributed by atoms with E-state index in [2.05, 4.69) is 4.40 Å². The molecule has 1 amide bonds. The third-order valence-corrected chi connectivity index (χ3v) is 8.42. The number of fused-ring (bicyclic) bond motifs is 5. The molecule has 1 fully saturated rings. The van der Waals surface area contributed by atoms with Crippen molar-refractivity contribution in [3.63, 3.8) is 0 Å². The summed E-state index contributed by atoms with van der Waals surface area (Å²) in [4.78, 5) is 24.8. The fraction of sp³-hybridized carbons (Fsp3) is 0.280. The van der Waals surface area contributed by atoms with Crippen molar-refractivity contribution in [2.45, 2.75) is 24.9 Å². The summed E-state index contributed by atoms with van der Waals surface area (Å²) in [6.07, 6.45) is 2.16. The largest absolute Gasteiger partial charge is 0.494 e. The molecule has 4 heterocycles. The number of amides is 1. The van der Waals surface area contributed by atoms with E-state index in [9.17, 15) is 4.79 Å². The highest BCUT2D eigenvalue weighted by molar-refractivity contribution is 7.99. The molecule has 35 heavy (non-hydrogen) atoms. The molecule has 0 bridgehead atoms. The average Bonchev–Trinajstić information content (AvgIpc) is 3.60. The summed E-state index contributed by atoms with van der Waals surface area (Å²) in [7, 11) is 0. The first-order chi connectivity index (χ1) is 17.1. The third-order valence-electron chi connectivity index (χ3n) is 6.13. The number of hydrogen-bond donors (Lipinski definition) is 0. The van der Waals surface area contributed by atoms with Gasteiger partial charge in [-0.25, -0.2) is 9.97 Å². The summed E-state index contributed by atoms with van der Waals surface area (Å²) in [6, 6.07) is 15.9. The number of thioether (sulfide) groups is 1. The molecule has 0 unspecified atom stereocenters. The number of benzene rings is 2. The highest BCUT2D eigenvalue weighted by Gasteiger charge is 2.22. The van der Waals surface area contributed by atoms with Gasteiger partial charge in [-0.2, -0.15) is 0 Å². The molecule has 0 N–H and O–H groups in total.